The Morgan fingerprint density at radius 3 is 2.50 bits per heavy atom. The summed E-state index contributed by atoms with van der Waals surface area (Å²) in [6.45, 7) is 6.26. The Morgan fingerprint density at radius 2 is 1.90 bits per heavy atom. The van der Waals surface area contributed by atoms with Crippen molar-refractivity contribution in [2.45, 2.75) is 26.7 Å². The molecule has 1 aromatic rings. The van der Waals surface area contributed by atoms with Crippen LogP contribution in [0.15, 0.2) is 24.3 Å². The molecule has 0 heterocycles. The van der Waals surface area contributed by atoms with Gasteiger partial charge < -0.3 is 9.47 Å². The molecule has 1 aromatic carbocycles. The Labute approximate surface area is 120 Å². The molecule has 0 aromatic heterocycles. The van der Waals surface area contributed by atoms with Crippen LogP contribution in [0.1, 0.15) is 37.0 Å². The molecule has 0 spiro atoms. The topological polar surface area (TPSA) is 73.6 Å². The molecule has 112 valence electrons. The van der Waals surface area contributed by atoms with Crippen LogP contribution >= 0.6 is 0 Å². The van der Waals surface area contributed by atoms with Gasteiger partial charge >= 0.3 is 0 Å². The summed E-state index contributed by atoms with van der Waals surface area (Å²) in [5, 5.41) is 0. The first-order valence-electron chi connectivity index (χ1n) is 6.95. The molecule has 0 saturated heterocycles. The number of hydrogen-bond acceptors (Lipinski definition) is 4. The highest BCUT2D eigenvalue weighted by Crippen LogP contribution is 2.12. The van der Waals surface area contributed by atoms with Gasteiger partial charge in [0.1, 0.15) is 12.4 Å². The molecule has 0 aliphatic heterocycles. The van der Waals surface area contributed by atoms with Crippen molar-refractivity contribution in [3.8, 4) is 5.75 Å². The number of nitrogens with two attached hydrogens (primary N) is 1. The first-order valence-corrected chi connectivity index (χ1v) is 6.95. The summed E-state index contributed by atoms with van der Waals surface area (Å²) < 4.78 is 11.0. The lowest BCUT2D eigenvalue weighted by molar-refractivity contribution is 0.0948. The third-order valence-corrected chi connectivity index (χ3v) is 2.81. The van der Waals surface area contributed by atoms with Crippen molar-refractivity contribution in [2.75, 3.05) is 19.8 Å². The molecule has 1 rings (SSSR count). The lowest BCUT2D eigenvalue weighted by atomic mass is 10.1. The average Bonchev–Trinajstić information content (AvgIpc) is 2.45. The molecule has 1 amide bonds. The van der Waals surface area contributed by atoms with E-state index >= 15 is 0 Å². The predicted molar refractivity (Wildman–Crippen MR) is 78.5 cm³/mol. The van der Waals surface area contributed by atoms with E-state index in [-0.39, 0.29) is 5.91 Å². The molecule has 0 unspecified atom stereocenters. The first-order chi connectivity index (χ1) is 9.63. The van der Waals surface area contributed by atoms with E-state index in [2.05, 4.69) is 19.3 Å². The minimum absolute atomic E-state index is 0.315. The number of carbonyl (C=O) groups excluding carboxylic acids is 1. The maximum absolute atomic E-state index is 11.2. The Bertz CT molecular complexity index is 391. The van der Waals surface area contributed by atoms with Gasteiger partial charge in [0, 0.05) is 12.2 Å². The van der Waals surface area contributed by atoms with Crippen molar-refractivity contribution in [1.82, 2.24) is 5.43 Å². The molecular weight excluding hydrogens is 256 g/mol. The van der Waals surface area contributed by atoms with E-state index in [1.165, 1.54) is 6.42 Å². The van der Waals surface area contributed by atoms with Crippen LogP contribution in [0.3, 0.4) is 0 Å². The molecule has 5 heteroatoms. The number of rotatable bonds is 9. The molecule has 0 fully saturated rings. The quantitative estimate of drug-likeness (QED) is 0.314. The van der Waals surface area contributed by atoms with Crippen LogP contribution in [0.4, 0.5) is 0 Å². The van der Waals surface area contributed by atoms with E-state index in [9.17, 15) is 4.79 Å². The number of hydrogen-bond donors (Lipinski definition) is 2. The van der Waals surface area contributed by atoms with Crippen LogP contribution in [0.5, 0.6) is 5.75 Å². The van der Waals surface area contributed by atoms with Crippen molar-refractivity contribution in [3.05, 3.63) is 29.8 Å². The highest BCUT2D eigenvalue weighted by molar-refractivity contribution is 5.93. The van der Waals surface area contributed by atoms with Crippen molar-refractivity contribution in [2.24, 2.45) is 11.8 Å². The fourth-order valence-corrected chi connectivity index (χ4v) is 1.70. The van der Waals surface area contributed by atoms with Crippen LogP contribution in [0.25, 0.3) is 0 Å². The molecule has 0 radical (unpaired) electrons. The minimum Gasteiger partial charge on any atom is -0.491 e. The molecular formula is C15H24N2O3. The summed E-state index contributed by atoms with van der Waals surface area (Å²) in [5.74, 6) is 6.17. The van der Waals surface area contributed by atoms with Gasteiger partial charge in [-0.15, -0.1) is 0 Å². The van der Waals surface area contributed by atoms with E-state index in [0.717, 1.165) is 18.9 Å². The normalized spacial score (nSPS) is 10.6. The maximum atomic E-state index is 11.2. The lowest BCUT2D eigenvalue weighted by Crippen LogP contribution is -2.29. The van der Waals surface area contributed by atoms with Crippen molar-refractivity contribution in [1.29, 1.82) is 0 Å². The summed E-state index contributed by atoms with van der Waals surface area (Å²) in [4.78, 5) is 11.2. The largest absolute Gasteiger partial charge is 0.491 e. The van der Waals surface area contributed by atoms with Gasteiger partial charge in [-0.05, 0) is 43.0 Å². The number of nitrogen functional groups attached to an aromatic ring is 1. The summed E-state index contributed by atoms with van der Waals surface area (Å²) in [5.41, 5.74) is 2.59. The van der Waals surface area contributed by atoms with Crippen LogP contribution in [0.2, 0.25) is 0 Å². The fraction of sp³-hybridized carbons (Fsp3) is 0.533. The van der Waals surface area contributed by atoms with Gasteiger partial charge in [-0.3, -0.25) is 10.2 Å². The van der Waals surface area contributed by atoms with Gasteiger partial charge in [0.25, 0.3) is 5.91 Å². The molecule has 20 heavy (non-hydrogen) atoms. The summed E-state index contributed by atoms with van der Waals surface area (Å²) in [7, 11) is 0. The smallest absolute Gasteiger partial charge is 0.265 e. The fourth-order valence-electron chi connectivity index (χ4n) is 1.70. The van der Waals surface area contributed by atoms with E-state index < -0.39 is 0 Å². The Morgan fingerprint density at radius 1 is 1.20 bits per heavy atom. The van der Waals surface area contributed by atoms with E-state index in [4.69, 9.17) is 15.3 Å². The van der Waals surface area contributed by atoms with Crippen LogP contribution < -0.4 is 16.0 Å². The van der Waals surface area contributed by atoms with E-state index in [1.54, 1.807) is 24.3 Å². The zero-order chi connectivity index (χ0) is 14.8. The van der Waals surface area contributed by atoms with Crippen LogP contribution in [-0.4, -0.2) is 25.7 Å². The lowest BCUT2D eigenvalue weighted by Gasteiger charge is -2.08. The van der Waals surface area contributed by atoms with Gasteiger partial charge in [-0.1, -0.05) is 13.8 Å². The van der Waals surface area contributed by atoms with Gasteiger partial charge in [0.05, 0.1) is 6.61 Å². The second kappa shape index (κ2) is 9.34. The number of ether oxygens (including phenoxy) is 2. The predicted octanol–water partition coefficient (Wildman–Crippen LogP) is 2.12. The van der Waals surface area contributed by atoms with E-state index in [1.807, 2.05) is 0 Å². The Kier molecular flexibility index (Phi) is 7.69. The van der Waals surface area contributed by atoms with E-state index in [0.29, 0.717) is 24.5 Å². The molecule has 3 N–H and O–H groups in total. The third kappa shape index (κ3) is 6.54. The third-order valence-electron chi connectivity index (χ3n) is 2.81. The molecule has 5 nitrogen and oxygen atoms in total. The second-order valence-electron chi connectivity index (χ2n) is 4.99. The minimum atomic E-state index is -0.315. The van der Waals surface area contributed by atoms with Gasteiger partial charge in [-0.25, -0.2) is 5.84 Å². The van der Waals surface area contributed by atoms with Crippen molar-refractivity contribution < 1.29 is 14.3 Å². The number of amides is 1. The highest BCUT2D eigenvalue weighted by Gasteiger charge is 2.02. The maximum Gasteiger partial charge on any atom is 0.265 e. The summed E-state index contributed by atoms with van der Waals surface area (Å²) in [6, 6.07) is 6.81. The SMILES string of the molecule is CC(C)CCCOCCOc1ccc(C(=O)NN)cc1. The second-order valence-corrected chi connectivity index (χ2v) is 4.99. The molecule has 0 aliphatic carbocycles. The van der Waals surface area contributed by atoms with Gasteiger partial charge in [-0.2, -0.15) is 0 Å². The molecule has 0 aliphatic rings. The summed E-state index contributed by atoms with van der Waals surface area (Å²) in [6.07, 6.45) is 2.27. The standard InChI is InChI=1S/C15H24N2O3/c1-12(2)4-3-9-19-10-11-20-14-7-5-13(6-8-14)15(18)17-16/h5-8,12H,3-4,9-11,16H2,1-2H3,(H,17,18). The molecule has 0 saturated carbocycles. The Hall–Kier alpha value is -1.59. The van der Waals surface area contributed by atoms with Crippen molar-refractivity contribution in [3.63, 3.8) is 0 Å². The first kappa shape index (κ1) is 16.5. The number of carbonyl (C=O) groups is 1. The zero-order valence-electron chi connectivity index (χ0n) is 12.2. The van der Waals surface area contributed by atoms with Gasteiger partial charge in [0.2, 0.25) is 0 Å². The molecule has 0 atom stereocenters. The number of hydrazine groups is 1. The Balaban J connectivity index is 2.14. The zero-order valence-corrected chi connectivity index (χ0v) is 12.2. The number of nitrogens with one attached hydrogen (secondary N) is 1. The van der Waals surface area contributed by atoms with Crippen LogP contribution in [0, 0.1) is 5.92 Å². The van der Waals surface area contributed by atoms with Gasteiger partial charge in [0.15, 0.2) is 0 Å². The molecule has 0 bridgehead atoms. The number of benzene rings is 1. The highest BCUT2D eigenvalue weighted by atomic mass is 16.5. The van der Waals surface area contributed by atoms with Crippen LogP contribution in [-0.2, 0) is 4.74 Å². The summed E-state index contributed by atoms with van der Waals surface area (Å²) >= 11 is 0. The monoisotopic (exact) mass is 280 g/mol. The average molecular weight is 280 g/mol. The van der Waals surface area contributed by atoms with Crippen molar-refractivity contribution >= 4 is 5.91 Å².